The Kier molecular flexibility index (Phi) is 2.65. The quantitative estimate of drug-likeness (QED) is 0.366. The minimum atomic E-state index is -0.682. The number of hydrogen-bond acceptors (Lipinski definition) is 3. The monoisotopic (exact) mass is 146 g/mol. The summed E-state index contributed by atoms with van der Waals surface area (Å²) in [5.74, 6) is -0.682. The van der Waals surface area contributed by atoms with Gasteiger partial charge in [-0.05, 0) is 12.8 Å². The third-order valence-corrected chi connectivity index (χ3v) is 2.15. The summed E-state index contributed by atoms with van der Waals surface area (Å²) in [5.41, 5.74) is 0. The Morgan fingerprint density at radius 2 is 1.80 bits per heavy atom. The second kappa shape index (κ2) is 3.32. The first kappa shape index (κ1) is 7.98. The smallest absolute Gasteiger partial charge is 0.201 e. The summed E-state index contributed by atoms with van der Waals surface area (Å²) in [6, 6.07) is 0. The molecule has 0 bridgehead atoms. The molecule has 0 aliphatic heterocycles. The maximum atomic E-state index is 8.52. The zero-order valence-corrected chi connectivity index (χ0v) is 6.30. The number of rotatable bonds is 2. The first-order valence-corrected chi connectivity index (χ1v) is 3.71. The average molecular weight is 146 g/mol. The molecule has 10 heavy (non-hydrogen) atoms. The van der Waals surface area contributed by atoms with Gasteiger partial charge in [0.2, 0.25) is 5.79 Å². The van der Waals surface area contributed by atoms with Crippen LogP contribution in [0.3, 0.4) is 0 Å². The van der Waals surface area contributed by atoms with E-state index in [-0.39, 0.29) is 0 Å². The van der Waals surface area contributed by atoms with Crippen LogP contribution in [0.2, 0.25) is 0 Å². The van der Waals surface area contributed by atoms with E-state index in [0.29, 0.717) is 0 Å². The van der Waals surface area contributed by atoms with Crippen LogP contribution in [0.25, 0.3) is 0 Å². The molecule has 0 amide bonds. The van der Waals surface area contributed by atoms with Gasteiger partial charge in [0, 0.05) is 20.0 Å². The van der Waals surface area contributed by atoms with Crippen LogP contribution in [-0.2, 0) is 9.62 Å². The van der Waals surface area contributed by atoms with Crippen molar-refractivity contribution < 1.29 is 14.9 Å². The first-order chi connectivity index (χ1) is 4.83. The van der Waals surface area contributed by atoms with Crippen LogP contribution in [0, 0.1) is 0 Å². The molecule has 0 atom stereocenters. The second-order valence-electron chi connectivity index (χ2n) is 2.77. The standard InChI is InChI=1S/C7H14O3/c1-9-7(10-8)5-3-2-4-6-7/h8H,2-6H2,1H3. The van der Waals surface area contributed by atoms with Gasteiger partial charge in [0.1, 0.15) is 0 Å². The average Bonchev–Trinajstić information content (AvgIpc) is 2.06. The zero-order chi connectivity index (χ0) is 7.45. The van der Waals surface area contributed by atoms with Gasteiger partial charge in [-0.2, -0.15) is 0 Å². The molecule has 0 aromatic carbocycles. The summed E-state index contributed by atoms with van der Waals surface area (Å²) in [6.45, 7) is 0. The van der Waals surface area contributed by atoms with E-state index in [1.807, 2.05) is 0 Å². The molecule has 0 unspecified atom stereocenters. The number of ether oxygens (including phenoxy) is 1. The van der Waals surface area contributed by atoms with E-state index in [9.17, 15) is 0 Å². The predicted molar refractivity (Wildman–Crippen MR) is 36.5 cm³/mol. The molecule has 3 nitrogen and oxygen atoms in total. The van der Waals surface area contributed by atoms with Crippen LogP contribution in [-0.4, -0.2) is 18.2 Å². The highest BCUT2D eigenvalue weighted by atomic mass is 17.1. The van der Waals surface area contributed by atoms with Crippen molar-refractivity contribution in [1.82, 2.24) is 0 Å². The highest BCUT2D eigenvalue weighted by molar-refractivity contribution is 4.72. The van der Waals surface area contributed by atoms with Crippen molar-refractivity contribution in [3.8, 4) is 0 Å². The maximum Gasteiger partial charge on any atom is 0.201 e. The molecule has 1 aliphatic carbocycles. The molecular weight excluding hydrogens is 132 g/mol. The lowest BCUT2D eigenvalue weighted by molar-refractivity contribution is -0.406. The highest BCUT2D eigenvalue weighted by Crippen LogP contribution is 2.30. The third kappa shape index (κ3) is 1.48. The summed E-state index contributed by atoms with van der Waals surface area (Å²) in [4.78, 5) is 4.31. The van der Waals surface area contributed by atoms with E-state index in [4.69, 9.17) is 9.99 Å². The number of hydrogen-bond donors (Lipinski definition) is 1. The molecule has 0 spiro atoms. The van der Waals surface area contributed by atoms with Crippen molar-refractivity contribution in [2.24, 2.45) is 0 Å². The molecule has 1 saturated carbocycles. The largest absolute Gasteiger partial charge is 0.351 e. The lowest BCUT2D eigenvalue weighted by atomic mass is 9.94. The molecule has 0 aromatic heterocycles. The van der Waals surface area contributed by atoms with Crippen LogP contribution in [0.5, 0.6) is 0 Å². The van der Waals surface area contributed by atoms with Gasteiger partial charge in [-0.25, -0.2) is 10.1 Å². The van der Waals surface area contributed by atoms with Crippen molar-refractivity contribution in [3.05, 3.63) is 0 Å². The second-order valence-corrected chi connectivity index (χ2v) is 2.77. The fourth-order valence-electron chi connectivity index (χ4n) is 1.42. The van der Waals surface area contributed by atoms with Gasteiger partial charge in [0.15, 0.2) is 0 Å². The van der Waals surface area contributed by atoms with Gasteiger partial charge in [0.25, 0.3) is 0 Å². The Morgan fingerprint density at radius 3 is 2.10 bits per heavy atom. The summed E-state index contributed by atoms with van der Waals surface area (Å²) in [6.07, 6.45) is 4.98. The molecule has 0 radical (unpaired) electrons. The van der Waals surface area contributed by atoms with Crippen molar-refractivity contribution in [2.75, 3.05) is 7.11 Å². The van der Waals surface area contributed by atoms with E-state index < -0.39 is 5.79 Å². The lowest BCUT2D eigenvalue weighted by Gasteiger charge is -2.31. The molecule has 0 aromatic rings. The molecule has 60 valence electrons. The van der Waals surface area contributed by atoms with Crippen molar-refractivity contribution >= 4 is 0 Å². The first-order valence-electron chi connectivity index (χ1n) is 3.71. The Labute approximate surface area is 60.9 Å². The van der Waals surface area contributed by atoms with E-state index in [1.54, 1.807) is 7.11 Å². The molecule has 1 rings (SSSR count). The van der Waals surface area contributed by atoms with Crippen LogP contribution < -0.4 is 0 Å². The van der Waals surface area contributed by atoms with Crippen LogP contribution in [0.15, 0.2) is 0 Å². The Balaban J connectivity index is 2.44. The van der Waals surface area contributed by atoms with E-state index in [0.717, 1.165) is 25.7 Å². The van der Waals surface area contributed by atoms with Gasteiger partial charge in [0.05, 0.1) is 0 Å². The SMILES string of the molecule is COC1(OO)CCCCC1. The van der Waals surface area contributed by atoms with Crippen molar-refractivity contribution in [2.45, 2.75) is 37.9 Å². The minimum Gasteiger partial charge on any atom is -0.351 e. The zero-order valence-electron chi connectivity index (χ0n) is 6.30. The summed E-state index contributed by atoms with van der Waals surface area (Å²) < 4.78 is 5.06. The van der Waals surface area contributed by atoms with Crippen molar-refractivity contribution in [3.63, 3.8) is 0 Å². The molecule has 1 N–H and O–H groups in total. The summed E-state index contributed by atoms with van der Waals surface area (Å²) in [7, 11) is 1.57. The molecule has 1 fully saturated rings. The van der Waals surface area contributed by atoms with E-state index >= 15 is 0 Å². The Hall–Kier alpha value is -0.120. The minimum absolute atomic E-state index is 0.682. The van der Waals surface area contributed by atoms with Gasteiger partial charge >= 0.3 is 0 Å². The topological polar surface area (TPSA) is 38.7 Å². The fourth-order valence-corrected chi connectivity index (χ4v) is 1.42. The maximum absolute atomic E-state index is 8.52. The van der Waals surface area contributed by atoms with Gasteiger partial charge in [-0.15, -0.1) is 0 Å². The number of methoxy groups -OCH3 is 1. The molecule has 1 aliphatic rings. The summed E-state index contributed by atoms with van der Waals surface area (Å²) >= 11 is 0. The predicted octanol–water partition coefficient (Wildman–Crippen LogP) is 1.78. The molecule has 0 heterocycles. The van der Waals surface area contributed by atoms with Gasteiger partial charge < -0.3 is 4.74 Å². The third-order valence-electron chi connectivity index (χ3n) is 2.15. The van der Waals surface area contributed by atoms with E-state index in [1.165, 1.54) is 6.42 Å². The van der Waals surface area contributed by atoms with Gasteiger partial charge in [-0.3, -0.25) is 0 Å². The molecular formula is C7H14O3. The molecule has 3 heteroatoms. The van der Waals surface area contributed by atoms with Crippen LogP contribution in [0.4, 0.5) is 0 Å². The lowest BCUT2D eigenvalue weighted by Crippen LogP contribution is -2.35. The molecule has 0 saturated heterocycles. The summed E-state index contributed by atoms with van der Waals surface area (Å²) in [5, 5.41) is 8.52. The van der Waals surface area contributed by atoms with E-state index in [2.05, 4.69) is 4.89 Å². The Bertz CT molecular complexity index is 91.0. The van der Waals surface area contributed by atoms with Gasteiger partial charge in [-0.1, -0.05) is 6.42 Å². The van der Waals surface area contributed by atoms with Crippen LogP contribution in [0.1, 0.15) is 32.1 Å². The van der Waals surface area contributed by atoms with Crippen LogP contribution >= 0.6 is 0 Å². The normalized spacial score (nSPS) is 24.6. The fraction of sp³-hybridized carbons (Fsp3) is 1.00. The van der Waals surface area contributed by atoms with Crippen molar-refractivity contribution in [1.29, 1.82) is 0 Å². The Morgan fingerprint density at radius 1 is 1.20 bits per heavy atom. The highest BCUT2D eigenvalue weighted by Gasteiger charge is 2.33.